The van der Waals surface area contributed by atoms with Crippen LogP contribution < -0.4 is 4.74 Å². The number of rotatable bonds is 5. The van der Waals surface area contributed by atoms with Gasteiger partial charge in [0.1, 0.15) is 6.61 Å². The van der Waals surface area contributed by atoms with Crippen molar-refractivity contribution in [2.45, 2.75) is 6.42 Å². The first-order valence-electron chi connectivity index (χ1n) is 5.86. The van der Waals surface area contributed by atoms with Crippen molar-refractivity contribution in [1.29, 1.82) is 0 Å². The fourth-order valence-electron chi connectivity index (χ4n) is 2.02. The maximum atomic E-state index is 13.3. The predicted molar refractivity (Wildman–Crippen MR) is 61.9 cm³/mol. The average molecular weight is 254 g/mol. The molecule has 2 rings (SSSR count). The quantitative estimate of drug-likeness (QED) is 0.872. The van der Waals surface area contributed by atoms with E-state index in [1.165, 1.54) is 12.1 Å². The lowest BCUT2D eigenvalue weighted by Gasteiger charge is -2.18. The molecule has 2 atom stereocenters. The van der Waals surface area contributed by atoms with E-state index in [2.05, 4.69) is 0 Å². The summed E-state index contributed by atoms with van der Waals surface area (Å²) in [5.41, 5.74) is 0. The molecular weight excluding hydrogens is 239 g/mol. The molecule has 1 aromatic rings. The van der Waals surface area contributed by atoms with E-state index >= 15 is 0 Å². The van der Waals surface area contributed by atoms with Gasteiger partial charge in [-0.25, -0.2) is 4.39 Å². The number of carboxylic acids is 1. The normalized spacial score (nSPS) is 20.6. The summed E-state index contributed by atoms with van der Waals surface area (Å²) in [6.07, 6.45) is 0.706. The van der Waals surface area contributed by atoms with Gasteiger partial charge in [0.05, 0.1) is 12.5 Å². The van der Waals surface area contributed by atoms with Crippen molar-refractivity contribution in [3.63, 3.8) is 0 Å². The molecule has 0 radical (unpaired) electrons. The monoisotopic (exact) mass is 254 g/mol. The fourth-order valence-corrected chi connectivity index (χ4v) is 2.02. The van der Waals surface area contributed by atoms with Gasteiger partial charge in [-0.05, 0) is 18.6 Å². The van der Waals surface area contributed by atoms with Gasteiger partial charge in [0.15, 0.2) is 11.6 Å². The molecule has 5 heteroatoms. The van der Waals surface area contributed by atoms with E-state index in [0.717, 1.165) is 0 Å². The van der Waals surface area contributed by atoms with E-state index in [0.29, 0.717) is 19.6 Å². The Balaban J connectivity index is 1.97. The van der Waals surface area contributed by atoms with Gasteiger partial charge in [-0.3, -0.25) is 4.79 Å². The van der Waals surface area contributed by atoms with Crippen LogP contribution in [0.3, 0.4) is 0 Å². The van der Waals surface area contributed by atoms with E-state index in [1.807, 2.05) is 0 Å². The van der Waals surface area contributed by atoms with Crippen molar-refractivity contribution in [1.82, 2.24) is 0 Å². The lowest BCUT2D eigenvalue weighted by Crippen LogP contribution is -2.29. The molecule has 2 unspecified atom stereocenters. The van der Waals surface area contributed by atoms with Gasteiger partial charge in [0.25, 0.3) is 0 Å². The predicted octanol–water partition coefficient (Wildman–Crippen LogP) is 1.94. The van der Waals surface area contributed by atoms with Gasteiger partial charge >= 0.3 is 5.97 Å². The van der Waals surface area contributed by atoms with Gasteiger partial charge in [-0.15, -0.1) is 0 Å². The Labute approximate surface area is 104 Å². The summed E-state index contributed by atoms with van der Waals surface area (Å²) in [6, 6.07) is 5.97. The van der Waals surface area contributed by atoms with Crippen LogP contribution in [0, 0.1) is 17.7 Å². The van der Waals surface area contributed by atoms with E-state index < -0.39 is 17.7 Å². The van der Waals surface area contributed by atoms with Gasteiger partial charge < -0.3 is 14.6 Å². The molecule has 1 aromatic carbocycles. The van der Waals surface area contributed by atoms with Crippen molar-refractivity contribution < 1.29 is 23.8 Å². The van der Waals surface area contributed by atoms with Crippen LogP contribution in [0.2, 0.25) is 0 Å². The third-order valence-electron chi connectivity index (χ3n) is 3.11. The molecule has 1 heterocycles. The molecule has 1 aliphatic rings. The second-order valence-electron chi connectivity index (χ2n) is 4.31. The highest BCUT2D eigenvalue weighted by Gasteiger charge is 2.32. The number of para-hydroxylation sites is 1. The van der Waals surface area contributed by atoms with Gasteiger partial charge in [-0.1, -0.05) is 12.1 Å². The van der Waals surface area contributed by atoms with Gasteiger partial charge in [0.2, 0.25) is 0 Å². The van der Waals surface area contributed by atoms with E-state index in [-0.39, 0.29) is 18.3 Å². The lowest BCUT2D eigenvalue weighted by molar-refractivity contribution is -0.145. The molecule has 0 aromatic heterocycles. The van der Waals surface area contributed by atoms with Crippen LogP contribution in [0.5, 0.6) is 5.75 Å². The molecule has 0 aliphatic carbocycles. The summed E-state index contributed by atoms with van der Waals surface area (Å²) < 4.78 is 23.8. The minimum absolute atomic E-state index is 0.0374. The Morgan fingerprint density at radius 2 is 2.33 bits per heavy atom. The second-order valence-corrected chi connectivity index (χ2v) is 4.31. The minimum Gasteiger partial charge on any atom is -0.490 e. The fraction of sp³-hybridized carbons (Fsp3) is 0.462. The van der Waals surface area contributed by atoms with E-state index in [1.54, 1.807) is 12.1 Å². The highest BCUT2D eigenvalue weighted by atomic mass is 19.1. The lowest BCUT2D eigenvalue weighted by atomic mass is 9.92. The largest absolute Gasteiger partial charge is 0.490 e. The summed E-state index contributed by atoms with van der Waals surface area (Å²) in [4.78, 5) is 11.2. The number of carbonyl (C=O) groups is 1. The maximum Gasteiger partial charge on any atom is 0.310 e. The number of hydrogen-bond acceptors (Lipinski definition) is 3. The summed E-state index contributed by atoms with van der Waals surface area (Å²) in [5, 5.41) is 9.15. The second kappa shape index (κ2) is 5.82. The van der Waals surface area contributed by atoms with E-state index in [4.69, 9.17) is 14.6 Å². The highest BCUT2D eigenvalue weighted by molar-refractivity contribution is 5.70. The Hall–Kier alpha value is -1.62. The van der Waals surface area contributed by atoms with Crippen molar-refractivity contribution in [3.8, 4) is 5.75 Å². The zero-order valence-corrected chi connectivity index (χ0v) is 9.84. The molecule has 1 aliphatic heterocycles. The molecule has 1 N–H and O–H groups in total. The molecule has 1 fully saturated rings. The molecule has 0 saturated carbocycles. The first-order valence-corrected chi connectivity index (χ1v) is 5.86. The molecular formula is C13H15FO4. The average Bonchev–Trinajstić information content (AvgIpc) is 2.85. The first kappa shape index (κ1) is 12.8. The molecule has 0 spiro atoms. The Bertz CT molecular complexity index is 415. The number of carboxylic acid groups (broad SMARTS) is 1. The zero-order valence-electron chi connectivity index (χ0n) is 9.84. The Morgan fingerprint density at radius 1 is 1.56 bits per heavy atom. The van der Waals surface area contributed by atoms with Crippen LogP contribution in [0.25, 0.3) is 0 Å². The van der Waals surface area contributed by atoms with Crippen LogP contribution in [0.1, 0.15) is 6.42 Å². The van der Waals surface area contributed by atoms with Crippen molar-refractivity contribution in [2.75, 3.05) is 19.8 Å². The number of ether oxygens (including phenoxy) is 2. The van der Waals surface area contributed by atoms with Gasteiger partial charge in [-0.2, -0.15) is 0 Å². The topological polar surface area (TPSA) is 55.8 Å². The van der Waals surface area contributed by atoms with E-state index in [9.17, 15) is 9.18 Å². The number of benzene rings is 1. The van der Waals surface area contributed by atoms with Crippen molar-refractivity contribution >= 4 is 5.97 Å². The maximum absolute atomic E-state index is 13.3. The zero-order chi connectivity index (χ0) is 13.0. The summed E-state index contributed by atoms with van der Waals surface area (Å²) >= 11 is 0. The van der Waals surface area contributed by atoms with Crippen LogP contribution >= 0.6 is 0 Å². The summed E-state index contributed by atoms with van der Waals surface area (Å²) in [7, 11) is 0. The molecule has 18 heavy (non-hydrogen) atoms. The van der Waals surface area contributed by atoms with Crippen molar-refractivity contribution in [2.24, 2.45) is 11.8 Å². The summed E-state index contributed by atoms with van der Waals surface area (Å²) in [6.45, 7) is 0.968. The smallest absolute Gasteiger partial charge is 0.310 e. The summed E-state index contributed by atoms with van der Waals surface area (Å²) in [5.74, 6) is -2.05. The van der Waals surface area contributed by atoms with Crippen LogP contribution in [0.15, 0.2) is 24.3 Å². The Morgan fingerprint density at radius 3 is 2.94 bits per heavy atom. The number of aliphatic carboxylic acids is 1. The molecule has 0 bridgehead atoms. The third-order valence-corrected chi connectivity index (χ3v) is 3.11. The Kier molecular flexibility index (Phi) is 4.15. The standard InChI is InChI=1S/C13H15FO4/c14-11-3-1-2-4-12(11)18-8-10(13(15)16)9-5-6-17-7-9/h1-4,9-10H,5-8H2,(H,15,16). The molecule has 0 amide bonds. The molecule has 98 valence electrons. The van der Waals surface area contributed by atoms with Crippen LogP contribution in [-0.4, -0.2) is 30.9 Å². The first-order chi connectivity index (χ1) is 8.68. The van der Waals surface area contributed by atoms with Crippen LogP contribution in [0.4, 0.5) is 4.39 Å². The SMILES string of the molecule is O=C(O)C(COc1ccccc1F)C1CCOC1. The minimum atomic E-state index is -0.929. The number of hydrogen-bond donors (Lipinski definition) is 1. The van der Waals surface area contributed by atoms with Crippen LogP contribution in [-0.2, 0) is 9.53 Å². The van der Waals surface area contributed by atoms with Gasteiger partial charge in [0, 0.05) is 12.5 Å². The highest BCUT2D eigenvalue weighted by Crippen LogP contribution is 2.24. The molecule has 4 nitrogen and oxygen atoms in total. The number of halogens is 1. The third kappa shape index (κ3) is 2.98. The van der Waals surface area contributed by atoms with Crippen molar-refractivity contribution in [3.05, 3.63) is 30.1 Å². The molecule has 1 saturated heterocycles.